The quantitative estimate of drug-likeness (QED) is 0.836. The molecule has 0 radical (unpaired) electrons. The van der Waals surface area contributed by atoms with Crippen LogP contribution in [-0.2, 0) is 11.3 Å². The Balaban J connectivity index is 0.00000264. The van der Waals surface area contributed by atoms with Gasteiger partial charge < -0.3 is 11.1 Å². The van der Waals surface area contributed by atoms with Crippen molar-refractivity contribution in [2.75, 3.05) is 5.32 Å². The molecule has 2 unspecified atom stereocenters. The van der Waals surface area contributed by atoms with Crippen molar-refractivity contribution in [3.63, 3.8) is 0 Å². The van der Waals surface area contributed by atoms with Gasteiger partial charge in [0.2, 0.25) is 5.91 Å². The van der Waals surface area contributed by atoms with Gasteiger partial charge in [-0.2, -0.15) is 5.10 Å². The van der Waals surface area contributed by atoms with Gasteiger partial charge in [-0.05, 0) is 19.1 Å². The zero-order chi connectivity index (χ0) is 16.3. The number of carbonyl (C=O) groups excluding carboxylic acids is 1. The summed E-state index contributed by atoms with van der Waals surface area (Å²) in [6.45, 7) is 3.95. The number of nitrogens with zero attached hydrogens (tertiary/aromatic N) is 2. The SMILES string of the molecule is CC(N)C(C)C(=O)Nc1ccnn1Cc1c(Cl)cccc1Cl.Cl. The van der Waals surface area contributed by atoms with E-state index in [1.165, 1.54) is 0 Å². The van der Waals surface area contributed by atoms with Crippen molar-refractivity contribution >= 4 is 47.3 Å². The molecule has 0 aliphatic carbocycles. The average molecular weight is 378 g/mol. The van der Waals surface area contributed by atoms with E-state index in [4.69, 9.17) is 28.9 Å². The molecule has 0 saturated heterocycles. The average Bonchev–Trinajstić information content (AvgIpc) is 2.89. The van der Waals surface area contributed by atoms with Gasteiger partial charge in [0.15, 0.2) is 0 Å². The number of halogens is 3. The second-order valence-electron chi connectivity index (χ2n) is 5.21. The number of anilines is 1. The number of carbonyl (C=O) groups is 1. The number of nitrogens with one attached hydrogen (secondary N) is 1. The van der Waals surface area contributed by atoms with E-state index in [1.54, 1.807) is 49.0 Å². The summed E-state index contributed by atoms with van der Waals surface area (Å²) in [5.74, 6) is 0.128. The van der Waals surface area contributed by atoms with Crippen LogP contribution in [-0.4, -0.2) is 21.7 Å². The van der Waals surface area contributed by atoms with E-state index in [2.05, 4.69) is 10.4 Å². The van der Waals surface area contributed by atoms with E-state index in [0.717, 1.165) is 5.56 Å². The molecule has 0 fully saturated rings. The van der Waals surface area contributed by atoms with E-state index in [0.29, 0.717) is 22.4 Å². The Morgan fingerprint density at radius 2 is 1.91 bits per heavy atom. The van der Waals surface area contributed by atoms with Crippen molar-refractivity contribution in [1.29, 1.82) is 0 Å². The predicted molar refractivity (Wildman–Crippen MR) is 96.5 cm³/mol. The van der Waals surface area contributed by atoms with Gasteiger partial charge in [0.1, 0.15) is 5.82 Å². The highest BCUT2D eigenvalue weighted by molar-refractivity contribution is 6.35. The molecular formula is C15H19Cl3N4O. The van der Waals surface area contributed by atoms with Crippen LogP contribution >= 0.6 is 35.6 Å². The molecule has 2 aromatic rings. The number of amides is 1. The molecule has 1 aromatic heterocycles. The van der Waals surface area contributed by atoms with Crippen LogP contribution in [0.1, 0.15) is 19.4 Å². The normalized spacial score (nSPS) is 13.1. The minimum absolute atomic E-state index is 0. The van der Waals surface area contributed by atoms with Crippen LogP contribution in [0.3, 0.4) is 0 Å². The third kappa shape index (κ3) is 4.85. The van der Waals surface area contributed by atoms with Crippen LogP contribution in [0.2, 0.25) is 10.0 Å². The van der Waals surface area contributed by atoms with Gasteiger partial charge in [-0.3, -0.25) is 4.79 Å². The number of aromatic nitrogens is 2. The van der Waals surface area contributed by atoms with Crippen LogP contribution < -0.4 is 11.1 Å². The molecule has 0 spiro atoms. The van der Waals surface area contributed by atoms with Crippen molar-refractivity contribution in [2.45, 2.75) is 26.4 Å². The minimum atomic E-state index is -0.299. The van der Waals surface area contributed by atoms with E-state index in [9.17, 15) is 4.79 Å². The minimum Gasteiger partial charge on any atom is -0.327 e. The third-order valence-electron chi connectivity index (χ3n) is 3.54. The standard InChI is InChI=1S/C15H18Cl2N4O.ClH/c1-9(10(2)18)15(22)20-14-6-7-19-21(14)8-11-12(16)4-3-5-13(11)17;/h3-7,9-10H,8,18H2,1-2H3,(H,20,22);1H. The van der Waals surface area contributed by atoms with Gasteiger partial charge in [-0.1, -0.05) is 36.2 Å². The smallest absolute Gasteiger partial charge is 0.229 e. The summed E-state index contributed by atoms with van der Waals surface area (Å²) in [5, 5.41) is 8.15. The van der Waals surface area contributed by atoms with Crippen LogP contribution in [0.5, 0.6) is 0 Å². The molecule has 2 atom stereocenters. The van der Waals surface area contributed by atoms with Crippen molar-refractivity contribution in [3.05, 3.63) is 46.1 Å². The van der Waals surface area contributed by atoms with Crippen LogP contribution in [0, 0.1) is 5.92 Å². The summed E-state index contributed by atoms with van der Waals surface area (Å²) < 4.78 is 1.64. The number of benzene rings is 1. The summed E-state index contributed by atoms with van der Waals surface area (Å²) in [7, 11) is 0. The first-order chi connectivity index (χ1) is 10.4. The van der Waals surface area contributed by atoms with Gasteiger partial charge in [-0.25, -0.2) is 4.68 Å². The lowest BCUT2D eigenvalue weighted by atomic mass is 10.0. The first-order valence-electron chi connectivity index (χ1n) is 6.91. The zero-order valence-electron chi connectivity index (χ0n) is 12.8. The number of nitrogens with two attached hydrogens (primary N) is 1. The fourth-order valence-corrected chi connectivity index (χ4v) is 2.39. The van der Waals surface area contributed by atoms with E-state index < -0.39 is 0 Å². The lowest BCUT2D eigenvalue weighted by Gasteiger charge is -2.16. The molecule has 3 N–H and O–H groups in total. The maximum Gasteiger partial charge on any atom is 0.229 e. The first-order valence-corrected chi connectivity index (χ1v) is 7.67. The van der Waals surface area contributed by atoms with Crippen molar-refractivity contribution < 1.29 is 4.79 Å². The zero-order valence-corrected chi connectivity index (χ0v) is 15.1. The number of hydrogen-bond acceptors (Lipinski definition) is 3. The largest absolute Gasteiger partial charge is 0.327 e. The molecule has 8 heteroatoms. The predicted octanol–water partition coefficient (Wildman–Crippen LogP) is 3.58. The highest BCUT2D eigenvalue weighted by atomic mass is 35.5. The monoisotopic (exact) mass is 376 g/mol. The summed E-state index contributed by atoms with van der Waals surface area (Å²) in [6.07, 6.45) is 1.61. The Morgan fingerprint density at radius 1 is 1.30 bits per heavy atom. The molecule has 0 aliphatic heterocycles. The van der Waals surface area contributed by atoms with Gasteiger partial charge in [0.25, 0.3) is 0 Å². The summed E-state index contributed by atoms with van der Waals surface area (Å²) in [6, 6.07) is 6.81. The maximum atomic E-state index is 12.1. The maximum absolute atomic E-state index is 12.1. The van der Waals surface area contributed by atoms with Gasteiger partial charge in [0.05, 0.1) is 18.7 Å². The second-order valence-corrected chi connectivity index (χ2v) is 6.03. The molecule has 1 heterocycles. The Morgan fingerprint density at radius 3 is 2.48 bits per heavy atom. The summed E-state index contributed by atoms with van der Waals surface area (Å²) >= 11 is 12.3. The van der Waals surface area contributed by atoms with Gasteiger partial charge >= 0.3 is 0 Å². The molecule has 23 heavy (non-hydrogen) atoms. The number of hydrogen-bond donors (Lipinski definition) is 2. The molecular weight excluding hydrogens is 359 g/mol. The molecule has 0 aliphatic rings. The Labute approximate surface area is 151 Å². The summed E-state index contributed by atoms with van der Waals surface area (Å²) in [4.78, 5) is 12.1. The Hall–Kier alpha value is -1.27. The summed E-state index contributed by atoms with van der Waals surface area (Å²) in [5.41, 5.74) is 6.50. The number of rotatable bonds is 5. The lowest BCUT2D eigenvalue weighted by Crippen LogP contribution is -2.34. The van der Waals surface area contributed by atoms with E-state index in [-0.39, 0.29) is 30.3 Å². The van der Waals surface area contributed by atoms with Crippen LogP contribution in [0.15, 0.2) is 30.5 Å². The van der Waals surface area contributed by atoms with Crippen molar-refractivity contribution in [1.82, 2.24) is 9.78 Å². The van der Waals surface area contributed by atoms with Crippen LogP contribution in [0.4, 0.5) is 5.82 Å². The molecule has 2 rings (SSSR count). The van der Waals surface area contributed by atoms with Crippen molar-refractivity contribution in [3.8, 4) is 0 Å². The molecule has 0 saturated carbocycles. The Bertz CT molecular complexity index is 652. The fraction of sp³-hybridized carbons (Fsp3) is 0.333. The molecule has 5 nitrogen and oxygen atoms in total. The highest BCUT2D eigenvalue weighted by Crippen LogP contribution is 2.26. The topological polar surface area (TPSA) is 72.9 Å². The third-order valence-corrected chi connectivity index (χ3v) is 4.25. The fourth-order valence-electron chi connectivity index (χ4n) is 1.88. The first kappa shape index (κ1) is 19.8. The molecule has 1 aromatic carbocycles. The van der Waals surface area contributed by atoms with E-state index >= 15 is 0 Å². The second kappa shape index (κ2) is 8.55. The van der Waals surface area contributed by atoms with Crippen LogP contribution in [0.25, 0.3) is 0 Å². The Kier molecular flexibility index (Phi) is 7.35. The molecule has 126 valence electrons. The van der Waals surface area contributed by atoms with E-state index in [1.807, 2.05) is 0 Å². The van der Waals surface area contributed by atoms with Gasteiger partial charge in [0, 0.05) is 27.7 Å². The molecule has 1 amide bonds. The highest BCUT2D eigenvalue weighted by Gasteiger charge is 2.19. The molecule has 0 bridgehead atoms. The van der Waals surface area contributed by atoms with Crippen molar-refractivity contribution in [2.24, 2.45) is 11.7 Å². The van der Waals surface area contributed by atoms with Gasteiger partial charge in [-0.15, -0.1) is 12.4 Å². The lowest BCUT2D eigenvalue weighted by molar-refractivity contribution is -0.119.